The summed E-state index contributed by atoms with van der Waals surface area (Å²) in [4.78, 5) is 30.2. The molecule has 0 saturated carbocycles. The van der Waals surface area contributed by atoms with E-state index >= 15 is 0 Å². The van der Waals surface area contributed by atoms with Crippen molar-refractivity contribution in [2.45, 2.75) is 13.0 Å². The fourth-order valence-corrected chi connectivity index (χ4v) is 3.87. The number of hydrogen-bond acceptors (Lipinski definition) is 4. The second-order valence-corrected chi connectivity index (χ2v) is 8.73. The Labute approximate surface area is 217 Å². The van der Waals surface area contributed by atoms with Crippen molar-refractivity contribution >= 4 is 17.6 Å². The Kier molecular flexibility index (Phi) is 8.49. The number of anilines is 1. The van der Waals surface area contributed by atoms with E-state index in [2.05, 4.69) is 27.8 Å². The summed E-state index contributed by atoms with van der Waals surface area (Å²) in [5.41, 5.74) is 5.48. The fraction of sp³-hybridized carbons (Fsp3) is 0.167. The summed E-state index contributed by atoms with van der Waals surface area (Å²) in [6.45, 7) is 0.893. The molecular weight excluding hydrogens is 464 g/mol. The largest absolute Gasteiger partial charge is 0.493 e. The minimum Gasteiger partial charge on any atom is -0.493 e. The lowest BCUT2D eigenvalue weighted by atomic mass is 9.96. The molecule has 1 heterocycles. The summed E-state index contributed by atoms with van der Waals surface area (Å²) in [5, 5.41) is 5.62. The van der Waals surface area contributed by atoms with Gasteiger partial charge in [-0.1, -0.05) is 42.5 Å². The molecule has 188 valence electrons. The molecule has 1 aromatic heterocycles. The average molecular weight is 495 g/mol. The van der Waals surface area contributed by atoms with Crippen LogP contribution in [0.3, 0.4) is 0 Å². The first-order chi connectivity index (χ1) is 18.0. The third-order valence-corrected chi connectivity index (χ3v) is 5.77. The predicted octanol–water partition coefficient (Wildman–Crippen LogP) is 5.39. The number of nitrogens with zero attached hydrogens (tertiary/aromatic N) is 2. The van der Waals surface area contributed by atoms with E-state index in [1.807, 2.05) is 60.7 Å². The zero-order valence-electron chi connectivity index (χ0n) is 21.0. The van der Waals surface area contributed by atoms with Gasteiger partial charge < -0.3 is 20.3 Å². The lowest BCUT2D eigenvalue weighted by molar-refractivity contribution is 0.0827. The zero-order chi connectivity index (χ0) is 26.0. The molecule has 0 radical (unpaired) electrons. The highest BCUT2D eigenvalue weighted by molar-refractivity contribution is 5.95. The van der Waals surface area contributed by atoms with Crippen LogP contribution in [0.5, 0.6) is 5.75 Å². The van der Waals surface area contributed by atoms with Gasteiger partial charge >= 0.3 is 6.03 Å². The zero-order valence-corrected chi connectivity index (χ0v) is 21.0. The molecule has 2 N–H and O–H groups in total. The van der Waals surface area contributed by atoms with Crippen molar-refractivity contribution in [2.75, 3.05) is 26.0 Å². The van der Waals surface area contributed by atoms with E-state index in [-0.39, 0.29) is 11.9 Å². The van der Waals surface area contributed by atoms with Gasteiger partial charge in [0, 0.05) is 50.7 Å². The molecule has 0 atom stereocenters. The van der Waals surface area contributed by atoms with Crippen LogP contribution in [-0.4, -0.2) is 42.5 Å². The number of ether oxygens (including phenoxy) is 1. The van der Waals surface area contributed by atoms with E-state index in [1.54, 1.807) is 43.5 Å². The van der Waals surface area contributed by atoms with Gasteiger partial charge in [0.2, 0.25) is 0 Å². The normalized spacial score (nSPS) is 10.4. The van der Waals surface area contributed by atoms with Gasteiger partial charge in [0.15, 0.2) is 0 Å². The van der Waals surface area contributed by atoms with Crippen LogP contribution in [0, 0.1) is 0 Å². The van der Waals surface area contributed by atoms with Crippen molar-refractivity contribution in [3.63, 3.8) is 0 Å². The number of amides is 3. The Morgan fingerprint density at radius 1 is 0.919 bits per heavy atom. The summed E-state index contributed by atoms with van der Waals surface area (Å²) in [6.07, 6.45) is 4.12. The molecular formula is C30H30N4O3. The Morgan fingerprint density at radius 2 is 1.73 bits per heavy atom. The number of urea groups is 1. The van der Waals surface area contributed by atoms with Gasteiger partial charge in [-0.15, -0.1) is 0 Å². The van der Waals surface area contributed by atoms with E-state index in [1.165, 1.54) is 0 Å². The van der Waals surface area contributed by atoms with Gasteiger partial charge in [-0.2, -0.15) is 0 Å². The molecule has 4 aromatic rings. The van der Waals surface area contributed by atoms with E-state index in [0.29, 0.717) is 30.8 Å². The van der Waals surface area contributed by atoms with Crippen molar-refractivity contribution in [3.8, 4) is 16.9 Å². The molecule has 0 bridgehead atoms. The number of nitrogens with one attached hydrogen (secondary N) is 2. The Morgan fingerprint density at radius 3 is 2.49 bits per heavy atom. The van der Waals surface area contributed by atoms with E-state index in [0.717, 1.165) is 28.0 Å². The third kappa shape index (κ3) is 7.18. The van der Waals surface area contributed by atoms with Crippen LogP contribution < -0.4 is 15.4 Å². The Hall–Kier alpha value is -4.65. The maximum Gasteiger partial charge on any atom is 0.319 e. The number of carbonyl (C=O) groups excluding carboxylic acids is 2. The first-order valence-corrected chi connectivity index (χ1v) is 12.1. The van der Waals surface area contributed by atoms with Crippen molar-refractivity contribution in [3.05, 3.63) is 114 Å². The van der Waals surface area contributed by atoms with Crippen LogP contribution in [0.1, 0.15) is 21.5 Å². The SMILES string of the molecule is CN(C)C(=O)c1cccc(-c2ccccc2CCOc2ccc(NC(=O)NCc3cccnc3)cc2)c1. The second kappa shape index (κ2) is 12.4. The van der Waals surface area contributed by atoms with E-state index in [4.69, 9.17) is 4.74 Å². The van der Waals surface area contributed by atoms with Crippen LogP contribution in [0.25, 0.3) is 11.1 Å². The molecule has 0 aliphatic heterocycles. The maximum atomic E-state index is 12.4. The molecule has 0 aliphatic carbocycles. The van der Waals surface area contributed by atoms with Gasteiger partial charge in [0.05, 0.1) is 6.61 Å². The minimum atomic E-state index is -0.287. The Balaban J connectivity index is 1.31. The first kappa shape index (κ1) is 25.4. The minimum absolute atomic E-state index is 0.0217. The van der Waals surface area contributed by atoms with Gasteiger partial charge in [-0.3, -0.25) is 9.78 Å². The summed E-state index contributed by atoms with van der Waals surface area (Å²) in [6, 6.07) is 26.6. The number of benzene rings is 3. The van der Waals surface area contributed by atoms with Crippen LogP contribution in [0.4, 0.5) is 10.5 Å². The van der Waals surface area contributed by atoms with Crippen LogP contribution in [0.15, 0.2) is 97.3 Å². The molecule has 3 amide bonds. The summed E-state index contributed by atoms with van der Waals surface area (Å²) in [5.74, 6) is 0.698. The van der Waals surface area contributed by atoms with Gasteiger partial charge in [0.1, 0.15) is 5.75 Å². The molecule has 37 heavy (non-hydrogen) atoms. The quantitative estimate of drug-likeness (QED) is 0.327. The van der Waals surface area contributed by atoms with Crippen molar-refractivity contribution < 1.29 is 14.3 Å². The fourth-order valence-electron chi connectivity index (χ4n) is 3.87. The smallest absolute Gasteiger partial charge is 0.319 e. The Bertz CT molecular complexity index is 1340. The van der Waals surface area contributed by atoms with Gasteiger partial charge in [-0.25, -0.2) is 4.79 Å². The second-order valence-electron chi connectivity index (χ2n) is 8.73. The molecule has 0 saturated heterocycles. The molecule has 0 fully saturated rings. The van der Waals surface area contributed by atoms with Crippen LogP contribution in [0.2, 0.25) is 0 Å². The van der Waals surface area contributed by atoms with Gasteiger partial charge in [-0.05, 0) is 64.7 Å². The topological polar surface area (TPSA) is 83.6 Å². The molecule has 3 aromatic carbocycles. The lowest BCUT2D eigenvalue weighted by Gasteiger charge is -2.14. The summed E-state index contributed by atoms with van der Waals surface area (Å²) >= 11 is 0. The molecule has 0 aliphatic rings. The van der Waals surface area contributed by atoms with Crippen LogP contribution in [-0.2, 0) is 13.0 Å². The summed E-state index contributed by atoms with van der Waals surface area (Å²) < 4.78 is 5.96. The predicted molar refractivity (Wildman–Crippen MR) is 146 cm³/mol. The number of pyridine rings is 1. The highest BCUT2D eigenvalue weighted by atomic mass is 16.5. The number of aromatic nitrogens is 1. The maximum absolute atomic E-state index is 12.4. The van der Waals surface area contributed by atoms with E-state index in [9.17, 15) is 9.59 Å². The number of carbonyl (C=O) groups is 2. The lowest BCUT2D eigenvalue weighted by Crippen LogP contribution is -2.28. The first-order valence-electron chi connectivity index (χ1n) is 12.1. The molecule has 7 heteroatoms. The highest BCUT2D eigenvalue weighted by Crippen LogP contribution is 2.26. The van der Waals surface area contributed by atoms with Crippen molar-refractivity contribution in [1.82, 2.24) is 15.2 Å². The number of rotatable bonds is 9. The van der Waals surface area contributed by atoms with Crippen molar-refractivity contribution in [1.29, 1.82) is 0 Å². The average Bonchev–Trinajstić information content (AvgIpc) is 2.93. The summed E-state index contributed by atoms with van der Waals surface area (Å²) in [7, 11) is 3.50. The number of hydrogen-bond donors (Lipinski definition) is 2. The molecule has 4 rings (SSSR count). The van der Waals surface area contributed by atoms with Gasteiger partial charge in [0.25, 0.3) is 5.91 Å². The molecule has 0 unspecified atom stereocenters. The molecule has 7 nitrogen and oxygen atoms in total. The van der Waals surface area contributed by atoms with Crippen LogP contribution >= 0.6 is 0 Å². The van der Waals surface area contributed by atoms with E-state index < -0.39 is 0 Å². The highest BCUT2D eigenvalue weighted by Gasteiger charge is 2.11. The standard InChI is InChI=1S/C30H30N4O3/c1-34(2)29(35)25-10-5-9-24(19-25)28-11-4-3-8-23(28)16-18-37-27-14-12-26(13-15-27)33-30(36)32-21-22-7-6-17-31-20-22/h3-15,17,19-20H,16,18,21H2,1-2H3,(H2,32,33,36). The molecule has 0 spiro atoms. The third-order valence-electron chi connectivity index (χ3n) is 5.77. The van der Waals surface area contributed by atoms with Crippen molar-refractivity contribution in [2.24, 2.45) is 0 Å². The monoisotopic (exact) mass is 494 g/mol.